The summed E-state index contributed by atoms with van der Waals surface area (Å²) < 4.78 is 0. The summed E-state index contributed by atoms with van der Waals surface area (Å²) in [7, 11) is 0. The van der Waals surface area contributed by atoms with Crippen LogP contribution in [0.4, 0.5) is 0 Å². The maximum absolute atomic E-state index is 11.4. The molecule has 0 spiro atoms. The lowest BCUT2D eigenvalue weighted by Gasteiger charge is -2.21. The zero-order valence-corrected chi connectivity index (χ0v) is 10.1. The average molecular weight is 229 g/mol. The summed E-state index contributed by atoms with van der Waals surface area (Å²) in [6.07, 6.45) is 4.83. The van der Waals surface area contributed by atoms with E-state index in [4.69, 9.17) is 0 Å². The number of hydrogen-bond donors (Lipinski definition) is 0. The Labute approximate surface area is 103 Å². The first-order valence-electron chi connectivity index (χ1n) is 6.55. The second-order valence-electron chi connectivity index (χ2n) is 5.60. The molecule has 0 aromatic heterocycles. The van der Waals surface area contributed by atoms with Crippen molar-refractivity contribution in [2.24, 2.45) is 11.3 Å². The number of likely N-dealkylation sites (tertiary alicyclic amines) is 1. The molecule has 0 radical (unpaired) electrons. The van der Waals surface area contributed by atoms with Gasteiger partial charge in [0.05, 0.1) is 0 Å². The molecule has 2 fully saturated rings. The SMILES string of the molecule is O=C[C@@]12CCCC1CN(Cc1ccccc1)C2. The van der Waals surface area contributed by atoms with E-state index >= 15 is 0 Å². The predicted molar refractivity (Wildman–Crippen MR) is 67.6 cm³/mol. The van der Waals surface area contributed by atoms with Crippen molar-refractivity contribution in [1.82, 2.24) is 4.90 Å². The van der Waals surface area contributed by atoms with E-state index in [1.807, 2.05) is 0 Å². The molecule has 1 unspecified atom stereocenters. The lowest BCUT2D eigenvalue weighted by molar-refractivity contribution is -0.116. The maximum atomic E-state index is 11.4. The minimum absolute atomic E-state index is 0.00518. The topological polar surface area (TPSA) is 20.3 Å². The van der Waals surface area contributed by atoms with Crippen molar-refractivity contribution in [2.75, 3.05) is 13.1 Å². The molecule has 1 aliphatic carbocycles. The van der Waals surface area contributed by atoms with Gasteiger partial charge in [0.2, 0.25) is 0 Å². The molecule has 1 aliphatic heterocycles. The van der Waals surface area contributed by atoms with Crippen molar-refractivity contribution in [3.8, 4) is 0 Å². The molecule has 0 N–H and O–H groups in total. The molecule has 90 valence electrons. The summed E-state index contributed by atoms with van der Waals surface area (Å²) in [5.41, 5.74) is 1.35. The highest BCUT2D eigenvalue weighted by atomic mass is 16.1. The maximum Gasteiger partial charge on any atom is 0.127 e. The predicted octanol–water partition coefficient (Wildman–Crippen LogP) is 2.49. The highest BCUT2D eigenvalue weighted by molar-refractivity contribution is 5.62. The van der Waals surface area contributed by atoms with Crippen LogP contribution >= 0.6 is 0 Å². The van der Waals surface area contributed by atoms with Crippen LogP contribution in [0, 0.1) is 11.3 Å². The summed E-state index contributed by atoms with van der Waals surface area (Å²) in [6, 6.07) is 10.6. The molecule has 1 saturated heterocycles. The zero-order valence-electron chi connectivity index (χ0n) is 10.1. The zero-order chi connectivity index (χ0) is 11.7. The minimum atomic E-state index is -0.00518. The van der Waals surface area contributed by atoms with Crippen LogP contribution in [0.1, 0.15) is 24.8 Å². The fraction of sp³-hybridized carbons (Fsp3) is 0.533. The Morgan fingerprint density at radius 2 is 2.18 bits per heavy atom. The van der Waals surface area contributed by atoms with Crippen LogP contribution in [0.25, 0.3) is 0 Å². The summed E-state index contributed by atoms with van der Waals surface area (Å²) in [6.45, 7) is 3.07. The highest BCUT2D eigenvalue weighted by Crippen LogP contribution is 2.47. The molecule has 0 bridgehead atoms. The molecule has 1 heterocycles. The summed E-state index contributed by atoms with van der Waals surface area (Å²) in [5.74, 6) is 0.615. The van der Waals surface area contributed by atoms with E-state index in [1.165, 1.54) is 24.7 Å². The molecule has 2 atom stereocenters. The Bertz CT molecular complexity index is 403. The van der Waals surface area contributed by atoms with Crippen LogP contribution in [0.5, 0.6) is 0 Å². The Morgan fingerprint density at radius 1 is 1.35 bits per heavy atom. The average Bonchev–Trinajstić information content (AvgIpc) is 2.87. The molecule has 1 aromatic rings. The molecule has 0 amide bonds. The van der Waals surface area contributed by atoms with Crippen molar-refractivity contribution >= 4 is 6.29 Å². The van der Waals surface area contributed by atoms with Gasteiger partial charge in [0.25, 0.3) is 0 Å². The number of hydrogen-bond acceptors (Lipinski definition) is 2. The van der Waals surface area contributed by atoms with Crippen LogP contribution in [0.15, 0.2) is 30.3 Å². The van der Waals surface area contributed by atoms with Gasteiger partial charge in [-0.25, -0.2) is 0 Å². The highest BCUT2D eigenvalue weighted by Gasteiger charge is 2.49. The van der Waals surface area contributed by atoms with E-state index in [1.54, 1.807) is 0 Å². The number of fused-ring (bicyclic) bond motifs is 1. The van der Waals surface area contributed by atoms with Crippen molar-refractivity contribution in [3.05, 3.63) is 35.9 Å². The quantitative estimate of drug-likeness (QED) is 0.742. The minimum Gasteiger partial charge on any atom is -0.303 e. The van der Waals surface area contributed by atoms with E-state index < -0.39 is 0 Å². The number of nitrogens with zero attached hydrogens (tertiary/aromatic N) is 1. The number of aldehydes is 1. The largest absolute Gasteiger partial charge is 0.303 e. The van der Waals surface area contributed by atoms with Crippen LogP contribution in [0.2, 0.25) is 0 Å². The smallest absolute Gasteiger partial charge is 0.127 e. The van der Waals surface area contributed by atoms with Crippen LogP contribution < -0.4 is 0 Å². The summed E-state index contributed by atoms with van der Waals surface area (Å²) in [5, 5.41) is 0. The first-order chi connectivity index (χ1) is 8.32. The molecule has 1 saturated carbocycles. The Morgan fingerprint density at radius 3 is 2.88 bits per heavy atom. The van der Waals surface area contributed by atoms with E-state index in [0.29, 0.717) is 5.92 Å². The summed E-state index contributed by atoms with van der Waals surface area (Å²) in [4.78, 5) is 13.8. The van der Waals surface area contributed by atoms with Gasteiger partial charge < -0.3 is 4.79 Å². The molecular formula is C15H19NO. The van der Waals surface area contributed by atoms with Gasteiger partial charge in [0, 0.05) is 25.0 Å². The van der Waals surface area contributed by atoms with Gasteiger partial charge in [-0.2, -0.15) is 0 Å². The molecule has 2 heteroatoms. The van der Waals surface area contributed by atoms with E-state index in [2.05, 4.69) is 35.2 Å². The molecule has 2 nitrogen and oxygen atoms in total. The van der Waals surface area contributed by atoms with Crippen molar-refractivity contribution in [2.45, 2.75) is 25.8 Å². The second kappa shape index (κ2) is 4.26. The second-order valence-corrected chi connectivity index (χ2v) is 5.60. The number of rotatable bonds is 3. The molecular weight excluding hydrogens is 210 g/mol. The van der Waals surface area contributed by atoms with Crippen molar-refractivity contribution in [1.29, 1.82) is 0 Å². The molecule has 17 heavy (non-hydrogen) atoms. The molecule has 2 aliphatic rings. The lowest BCUT2D eigenvalue weighted by Crippen LogP contribution is -2.28. The van der Waals surface area contributed by atoms with Crippen LogP contribution in [-0.4, -0.2) is 24.3 Å². The fourth-order valence-corrected chi connectivity index (χ4v) is 3.60. The normalized spacial score (nSPS) is 32.6. The summed E-state index contributed by atoms with van der Waals surface area (Å²) >= 11 is 0. The third-order valence-corrected chi connectivity index (χ3v) is 4.49. The van der Waals surface area contributed by atoms with E-state index in [0.717, 1.165) is 26.1 Å². The van der Waals surface area contributed by atoms with Crippen LogP contribution in [-0.2, 0) is 11.3 Å². The molecule has 3 rings (SSSR count). The number of benzene rings is 1. The van der Waals surface area contributed by atoms with Gasteiger partial charge in [-0.3, -0.25) is 4.90 Å². The first-order valence-corrected chi connectivity index (χ1v) is 6.55. The first kappa shape index (κ1) is 11.0. The van der Waals surface area contributed by atoms with Crippen LogP contribution in [0.3, 0.4) is 0 Å². The van der Waals surface area contributed by atoms with Gasteiger partial charge in [-0.05, 0) is 24.3 Å². The van der Waals surface area contributed by atoms with Gasteiger partial charge in [-0.15, -0.1) is 0 Å². The third kappa shape index (κ3) is 1.91. The molecule has 1 aromatic carbocycles. The van der Waals surface area contributed by atoms with Gasteiger partial charge in [0.15, 0.2) is 0 Å². The third-order valence-electron chi connectivity index (χ3n) is 4.49. The lowest BCUT2D eigenvalue weighted by atomic mass is 9.82. The van der Waals surface area contributed by atoms with Gasteiger partial charge in [-0.1, -0.05) is 36.8 Å². The Hall–Kier alpha value is -1.15. The number of carbonyl (C=O) groups excluding carboxylic acids is 1. The van der Waals surface area contributed by atoms with Crippen molar-refractivity contribution < 1.29 is 4.79 Å². The van der Waals surface area contributed by atoms with Gasteiger partial charge in [0.1, 0.15) is 6.29 Å². The van der Waals surface area contributed by atoms with Gasteiger partial charge >= 0.3 is 0 Å². The number of carbonyl (C=O) groups is 1. The fourth-order valence-electron chi connectivity index (χ4n) is 3.60. The Balaban J connectivity index is 1.70. The van der Waals surface area contributed by atoms with E-state index in [-0.39, 0.29) is 5.41 Å². The monoisotopic (exact) mass is 229 g/mol. The standard InChI is InChI=1S/C15H19NO/c17-12-15-8-4-7-14(15)10-16(11-15)9-13-5-2-1-3-6-13/h1-3,5-6,12,14H,4,7-11H2/t14?,15-/m0/s1. The van der Waals surface area contributed by atoms with E-state index in [9.17, 15) is 4.79 Å². The Kier molecular flexibility index (Phi) is 2.75. The van der Waals surface area contributed by atoms with Crippen molar-refractivity contribution in [3.63, 3.8) is 0 Å².